The molecule has 0 fully saturated rings. The molecule has 0 spiro atoms. The van der Waals surface area contributed by atoms with E-state index < -0.39 is 17.8 Å². The highest BCUT2D eigenvalue weighted by molar-refractivity contribution is 7.80. The highest BCUT2D eigenvalue weighted by Gasteiger charge is 2.15. The van der Waals surface area contributed by atoms with Gasteiger partial charge in [-0.15, -0.1) is 0 Å². The summed E-state index contributed by atoms with van der Waals surface area (Å²) in [5.41, 5.74) is 0.886. The highest BCUT2D eigenvalue weighted by atomic mass is 32.1. The monoisotopic (exact) mass is 390 g/mol. The number of hydrogen-bond donors (Lipinski definition) is 2. The summed E-state index contributed by atoms with van der Waals surface area (Å²) in [6.07, 6.45) is 0. The van der Waals surface area contributed by atoms with Crippen molar-refractivity contribution in [3.63, 3.8) is 0 Å². The Morgan fingerprint density at radius 1 is 0.963 bits per heavy atom. The van der Waals surface area contributed by atoms with Gasteiger partial charge >= 0.3 is 11.9 Å². The molecule has 0 radical (unpaired) electrons. The first kappa shape index (κ1) is 20.3. The van der Waals surface area contributed by atoms with Gasteiger partial charge in [-0.1, -0.05) is 12.1 Å². The Kier molecular flexibility index (Phi) is 7.25. The van der Waals surface area contributed by atoms with Crippen LogP contribution in [0, 0.1) is 5.82 Å². The van der Waals surface area contributed by atoms with Crippen molar-refractivity contribution in [2.45, 2.75) is 13.8 Å². The van der Waals surface area contributed by atoms with Crippen LogP contribution in [-0.2, 0) is 9.47 Å². The Hall–Kier alpha value is -3.00. The summed E-state index contributed by atoms with van der Waals surface area (Å²) >= 11 is 5.18. The molecule has 0 atom stereocenters. The first-order chi connectivity index (χ1) is 12.9. The van der Waals surface area contributed by atoms with Crippen molar-refractivity contribution >= 4 is 40.6 Å². The maximum atomic E-state index is 13.7. The van der Waals surface area contributed by atoms with Crippen molar-refractivity contribution in [1.29, 1.82) is 0 Å². The van der Waals surface area contributed by atoms with E-state index in [1.807, 2.05) is 0 Å². The van der Waals surface area contributed by atoms with Gasteiger partial charge in [-0.05, 0) is 56.4 Å². The van der Waals surface area contributed by atoms with Crippen LogP contribution >= 0.6 is 12.2 Å². The van der Waals surface area contributed by atoms with Crippen LogP contribution in [0.2, 0.25) is 0 Å². The number of thiocarbonyl (C=S) groups is 1. The first-order valence-corrected chi connectivity index (χ1v) is 8.67. The van der Waals surface area contributed by atoms with E-state index in [1.165, 1.54) is 30.3 Å². The molecule has 0 bridgehead atoms. The van der Waals surface area contributed by atoms with E-state index in [0.29, 0.717) is 5.69 Å². The third-order valence-electron chi connectivity index (χ3n) is 3.34. The van der Waals surface area contributed by atoms with Crippen LogP contribution in [0.1, 0.15) is 34.6 Å². The largest absolute Gasteiger partial charge is 0.462 e. The number of carbonyl (C=O) groups is 2. The summed E-state index contributed by atoms with van der Waals surface area (Å²) in [6, 6.07) is 10.4. The Bertz CT molecular complexity index is 821. The third kappa shape index (κ3) is 5.75. The minimum absolute atomic E-state index is 0.0934. The molecule has 0 saturated heterocycles. The number of nitrogens with one attached hydrogen (secondary N) is 2. The average molecular weight is 390 g/mol. The summed E-state index contributed by atoms with van der Waals surface area (Å²) in [5, 5.41) is 5.64. The number of para-hydroxylation sites is 1. The Balaban J connectivity index is 2.25. The van der Waals surface area contributed by atoms with E-state index in [-0.39, 0.29) is 35.1 Å². The lowest BCUT2D eigenvalue weighted by Crippen LogP contribution is -2.20. The van der Waals surface area contributed by atoms with Gasteiger partial charge in [-0.3, -0.25) is 0 Å². The smallest absolute Gasteiger partial charge is 0.338 e. The summed E-state index contributed by atoms with van der Waals surface area (Å²) in [4.78, 5) is 24.1. The minimum Gasteiger partial charge on any atom is -0.462 e. The molecular weight excluding hydrogens is 371 g/mol. The number of ether oxygens (including phenoxy) is 2. The van der Waals surface area contributed by atoms with Gasteiger partial charge in [0.1, 0.15) is 5.82 Å². The number of benzene rings is 2. The second-order valence-corrected chi connectivity index (χ2v) is 5.71. The number of hydrogen-bond acceptors (Lipinski definition) is 5. The molecule has 142 valence electrons. The summed E-state index contributed by atoms with van der Waals surface area (Å²) in [5.74, 6) is -1.63. The predicted octanol–water partition coefficient (Wildman–Crippen LogP) is 3.99. The molecule has 0 saturated carbocycles. The molecule has 0 heterocycles. The number of esters is 2. The maximum Gasteiger partial charge on any atom is 0.338 e. The topological polar surface area (TPSA) is 76.7 Å². The van der Waals surface area contributed by atoms with E-state index in [1.54, 1.807) is 26.0 Å². The first-order valence-electron chi connectivity index (χ1n) is 8.26. The summed E-state index contributed by atoms with van der Waals surface area (Å²) in [6.45, 7) is 3.75. The van der Waals surface area contributed by atoms with E-state index in [0.717, 1.165) is 0 Å². The fourth-order valence-electron chi connectivity index (χ4n) is 2.21. The SMILES string of the molecule is CCOC(=O)c1cc(NC(=S)Nc2ccccc2F)cc(C(=O)OCC)c1. The molecule has 27 heavy (non-hydrogen) atoms. The predicted molar refractivity (Wildman–Crippen MR) is 105 cm³/mol. The molecule has 2 aromatic rings. The van der Waals surface area contributed by atoms with Gasteiger partial charge in [0.15, 0.2) is 5.11 Å². The normalized spacial score (nSPS) is 10.0. The van der Waals surface area contributed by atoms with Gasteiger partial charge in [0.05, 0.1) is 30.0 Å². The van der Waals surface area contributed by atoms with E-state index in [9.17, 15) is 14.0 Å². The van der Waals surface area contributed by atoms with Crippen LogP contribution in [0.5, 0.6) is 0 Å². The fourth-order valence-corrected chi connectivity index (χ4v) is 2.44. The zero-order valence-electron chi connectivity index (χ0n) is 14.9. The van der Waals surface area contributed by atoms with Crippen LogP contribution in [0.4, 0.5) is 15.8 Å². The van der Waals surface area contributed by atoms with Gasteiger partial charge in [0.2, 0.25) is 0 Å². The number of carbonyl (C=O) groups excluding carboxylic acids is 2. The maximum absolute atomic E-state index is 13.7. The van der Waals surface area contributed by atoms with E-state index in [4.69, 9.17) is 21.7 Å². The van der Waals surface area contributed by atoms with Crippen molar-refractivity contribution in [2.24, 2.45) is 0 Å². The van der Waals surface area contributed by atoms with Crippen molar-refractivity contribution in [2.75, 3.05) is 23.8 Å². The van der Waals surface area contributed by atoms with Gasteiger partial charge in [0, 0.05) is 5.69 Å². The van der Waals surface area contributed by atoms with Crippen LogP contribution in [0.3, 0.4) is 0 Å². The van der Waals surface area contributed by atoms with Gasteiger partial charge in [-0.25, -0.2) is 14.0 Å². The van der Waals surface area contributed by atoms with Gasteiger partial charge in [-0.2, -0.15) is 0 Å². The van der Waals surface area contributed by atoms with E-state index in [2.05, 4.69) is 10.6 Å². The second kappa shape index (κ2) is 9.63. The van der Waals surface area contributed by atoms with Gasteiger partial charge in [0.25, 0.3) is 0 Å². The Labute approximate surface area is 161 Å². The van der Waals surface area contributed by atoms with E-state index >= 15 is 0 Å². The van der Waals surface area contributed by atoms with Crippen LogP contribution in [-0.4, -0.2) is 30.3 Å². The molecule has 8 heteroatoms. The van der Waals surface area contributed by atoms with Crippen LogP contribution in [0.25, 0.3) is 0 Å². The number of rotatable bonds is 6. The Morgan fingerprint density at radius 3 is 2.04 bits per heavy atom. The van der Waals surface area contributed by atoms with Crippen molar-refractivity contribution in [3.8, 4) is 0 Å². The molecule has 2 rings (SSSR count). The third-order valence-corrected chi connectivity index (χ3v) is 3.54. The zero-order chi connectivity index (χ0) is 19.8. The minimum atomic E-state index is -0.584. The Morgan fingerprint density at radius 2 is 1.52 bits per heavy atom. The molecule has 2 N–H and O–H groups in total. The quantitative estimate of drug-likeness (QED) is 0.570. The molecule has 0 aliphatic rings. The molecule has 6 nitrogen and oxygen atoms in total. The van der Waals surface area contributed by atoms with Crippen LogP contribution in [0.15, 0.2) is 42.5 Å². The average Bonchev–Trinajstić information content (AvgIpc) is 2.63. The van der Waals surface area contributed by atoms with Gasteiger partial charge < -0.3 is 20.1 Å². The summed E-state index contributed by atoms with van der Waals surface area (Å²) < 4.78 is 23.7. The molecule has 0 unspecified atom stereocenters. The molecule has 0 aliphatic carbocycles. The number of anilines is 2. The molecule has 2 aromatic carbocycles. The number of halogens is 1. The van der Waals surface area contributed by atoms with Crippen molar-refractivity contribution in [1.82, 2.24) is 0 Å². The van der Waals surface area contributed by atoms with Crippen molar-refractivity contribution in [3.05, 3.63) is 59.4 Å². The van der Waals surface area contributed by atoms with Crippen LogP contribution < -0.4 is 10.6 Å². The summed E-state index contributed by atoms with van der Waals surface area (Å²) in [7, 11) is 0. The standard InChI is InChI=1S/C19H19FN2O4S/c1-3-25-17(23)12-9-13(18(24)26-4-2)11-14(10-12)21-19(27)22-16-8-6-5-7-15(16)20/h5-11H,3-4H2,1-2H3,(H2,21,22,27). The fraction of sp³-hybridized carbons (Fsp3) is 0.211. The molecule has 0 aliphatic heterocycles. The highest BCUT2D eigenvalue weighted by Crippen LogP contribution is 2.19. The lowest BCUT2D eigenvalue weighted by Gasteiger charge is -2.13. The second-order valence-electron chi connectivity index (χ2n) is 5.30. The van der Waals surface area contributed by atoms with Crippen molar-refractivity contribution < 1.29 is 23.5 Å². The lowest BCUT2D eigenvalue weighted by atomic mass is 10.1. The molecule has 0 amide bonds. The molecule has 0 aromatic heterocycles. The lowest BCUT2D eigenvalue weighted by molar-refractivity contribution is 0.0525. The molecular formula is C19H19FN2O4S. The zero-order valence-corrected chi connectivity index (χ0v) is 15.7.